The lowest BCUT2D eigenvalue weighted by Gasteiger charge is -2.03. The Balaban J connectivity index is 1.70. The van der Waals surface area contributed by atoms with Gasteiger partial charge in [-0.1, -0.05) is 23.4 Å². The number of imidazole rings is 1. The number of aromatic nitrogens is 4. The van der Waals surface area contributed by atoms with Crippen LogP contribution in [0.4, 0.5) is 4.39 Å². The lowest BCUT2D eigenvalue weighted by atomic mass is 10.1. The third-order valence-electron chi connectivity index (χ3n) is 3.10. The van der Waals surface area contributed by atoms with Gasteiger partial charge in [0.05, 0.1) is 12.4 Å². The van der Waals surface area contributed by atoms with E-state index in [1.807, 2.05) is 0 Å². The SMILES string of the molecule is N[C@@H](Cc1cnc[nH]1)c1nc(Cc2ccccc2F)no1. The fourth-order valence-corrected chi connectivity index (χ4v) is 2.02. The third-order valence-corrected chi connectivity index (χ3v) is 3.10. The number of rotatable bonds is 5. The molecule has 0 bridgehead atoms. The highest BCUT2D eigenvalue weighted by Crippen LogP contribution is 2.15. The largest absolute Gasteiger partial charge is 0.348 e. The molecule has 0 unspecified atom stereocenters. The second-order valence-electron chi connectivity index (χ2n) is 4.70. The summed E-state index contributed by atoms with van der Waals surface area (Å²) in [6, 6.07) is 6.08. The van der Waals surface area contributed by atoms with Crippen LogP contribution in [0, 0.1) is 5.82 Å². The van der Waals surface area contributed by atoms with Gasteiger partial charge in [0.1, 0.15) is 5.82 Å². The van der Waals surface area contributed by atoms with Crippen molar-refractivity contribution in [1.29, 1.82) is 0 Å². The first-order valence-electron chi connectivity index (χ1n) is 6.51. The molecule has 6 nitrogen and oxygen atoms in total. The molecule has 0 aliphatic rings. The molecule has 3 aromatic rings. The summed E-state index contributed by atoms with van der Waals surface area (Å²) in [5.41, 5.74) is 7.41. The van der Waals surface area contributed by atoms with Crippen LogP contribution in [0.25, 0.3) is 0 Å². The van der Waals surface area contributed by atoms with E-state index >= 15 is 0 Å². The predicted octanol–water partition coefficient (Wildman–Crippen LogP) is 1.77. The number of aromatic amines is 1. The Kier molecular flexibility index (Phi) is 3.74. The Bertz CT molecular complexity index is 710. The summed E-state index contributed by atoms with van der Waals surface area (Å²) in [4.78, 5) is 11.1. The van der Waals surface area contributed by atoms with E-state index < -0.39 is 6.04 Å². The van der Waals surface area contributed by atoms with Gasteiger partial charge in [0.25, 0.3) is 0 Å². The third kappa shape index (κ3) is 3.14. The number of halogens is 1. The highest BCUT2D eigenvalue weighted by atomic mass is 19.1. The van der Waals surface area contributed by atoms with E-state index in [4.69, 9.17) is 10.3 Å². The van der Waals surface area contributed by atoms with Gasteiger partial charge < -0.3 is 15.2 Å². The highest BCUT2D eigenvalue weighted by Gasteiger charge is 2.16. The molecule has 2 heterocycles. The van der Waals surface area contributed by atoms with Crippen LogP contribution < -0.4 is 5.73 Å². The molecule has 0 spiro atoms. The van der Waals surface area contributed by atoms with Gasteiger partial charge in [-0.2, -0.15) is 4.98 Å². The van der Waals surface area contributed by atoms with Gasteiger partial charge in [0.2, 0.25) is 5.89 Å². The molecule has 0 aliphatic heterocycles. The van der Waals surface area contributed by atoms with Gasteiger partial charge in [-0.05, 0) is 11.6 Å². The van der Waals surface area contributed by atoms with E-state index in [9.17, 15) is 4.39 Å². The van der Waals surface area contributed by atoms with E-state index in [2.05, 4.69) is 20.1 Å². The van der Waals surface area contributed by atoms with Crippen LogP contribution in [0.2, 0.25) is 0 Å². The van der Waals surface area contributed by atoms with Crippen molar-refractivity contribution in [2.75, 3.05) is 0 Å². The monoisotopic (exact) mass is 287 g/mol. The van der Waals surface area contributed by atoms with Crippen LogP contribution in [0.5, 0.6) is 0 Å². The topological polar surface area (TPSA) is 93.6 Å². The minimum absolute atomic E-state index is 0.271. The lowest BCUT2D eigenvalue weighted by Crippen LogP contribution is -2.14. The zero-order valence-electron chi connectivity index (χ0n) is 11.2. The zero-order chi connectivity index (χ0) is 14.7. The van der Waals surface area contributed by atoms with Crippen molar-refractivity contribution in [1.82, 2.24) is 20.1 Å². The fourth-order valence-electron chi connectivity index (χ4n) is 2.02. The normalized spacial score (nSPS) is 12.5. The number of benzene rings is 1. The molecule has 3 rings (SSSR count). The smallest absolute Gasteiger partial charge is 0.243 e. The molecule has 1 aromatic carbocycles. The maximum absolute atomic E-state index is 13.6. The van der Waals surface area contributed by atoms with Crippen molar-refractivity contribution < 1.29 is 8.91 Å². The van der Waals surface area contributed by atoms with E-state index in [-0.39, 0.29) is 12.2 Å². The summed E-state index contributed by atoms with van der Waals surface area (Å²) in [5, 5.41) is 3.84. The Morgan fingerprint density at radius 2 is 2.19 bits per heavy atom. The molecular formula is C14H14FN5O. The molecule has 2 aromatic heterocycles. The minimum Gasteiger partial charge on any atom is -0.348 e. The molecule has 0 amide bonds. The Morgan fingerprint density at radius 1 is 1.33 bits per heavy atom. The molecular weight excluding hydrogens is 273 g/mol. The molecule has 7 heteroatoms. The Morgan fingerprint density at radius 3 is 2.95 bits per heavy atom. The van der Waals surface area contributed by atoms with Crippen LogP contribution >= 0.6 is 0 Å². The number of nitrogens with two attached hydrogens (primary N) is 1. The molecule has 0 saturated heterocycles. The standard InChI is InChI=1S/C14H14FN5O/c15-11-4-2-1-3-9(11)5-13-19-14(21-20-13)12(16)6-10-7-17-8-18-10/h1-4,7-8,12H,5-6,16H2,(H,17,18)/t12-/m0/s1. The van der Waals surface area contributed by atoms with E-state index in [1.165, 1.54) is 6.07 Å². The van der Waals surface area contributed by atoms with Crippen molar-refractivity contribution in [2.45, 2.75) is 18.9 Å². The number of nitrogens with zero attached hydrogens (tertiary/aromatic N) is 3. The molecule has 1 atom stereocenters. The average Bonchev–Trinajstić information content (AvgIpc) is 3.13. The first-order valence-corrected chi connectivity index (χ1v) is 6.51. The van der Waals surface area contributed by atoms with Crippen molar-refractivity contribution >= 4 is 0 Å². The summed E-state index contributed by atoms with van der Waals surface area (Å²) in [6.45, 7) is 0. The molecule has 0 radical (unpaired) electrons. The van der Waals surface area contributed by atoms with Crippen LogP contribution in [-0.2, 0) is 12.8 Å². The molecule has 0 saturated carbocycles. The number of H-pyrrole nitrogens is 1. The van der Waals surface area contributed by atoms with Gasteiger partial charge in [-0.3, -0.25) is 0 Å². The second kappa shape index (κ2) is 5.84. The summed E-state index contributed by atoms with van der Waals surface area (Å²) in [6.07, 6.45) is 4.06. The van der Waals surface area contributed by atoms with Gasteiger partial charge in [-0.25, -0.2) is 9.37 Å². The summed E-state index contributed by atoms with van der Waals surface area (Å²) >= 11 is 0. The Hall–Kier alpha value is -2.54. The summed E-state index contributed by atoms with van der Waals surface area (Å²) < 4.78 is 18.7. The van der Waals surface area contributed by atoms with Crippen LogP contribution in [0.1, 0.15) is 29.0 Å². The Labute approximate surface area is 120 Å². The minimum atomic E-state index is -0.424. The number of hydrogen-bond donors (Lipinski definition) is 2. The van der Waals surface area contributed by atoms with Crippen molar-refractivity contribution in [3.8, 4) is 0 Å². The molecule has 108 valence electrons. The van der Waals surface area contributed by atoms with Crippen molar-refractivity contribution in [3.63, 3.8) is 0 Å². The van der Waals surface area contributed by atoms with Crippen LogP contribution in [-0.4, -0.2) is 20.1 Å². The average molecular weight is 287 g/mol. The van der Waals surface area contributed by atoms with Crippen LogP contribution in [0.3, 0.4) is 0 Å². The fraction of sp³-hybridized carbons (Fsp3) is 0.214. The van der Waals surface area contributed by atoms with Crippen molar-refractivity contribution in [3.05, 3.63) is 65.6 Å². The van der Waals surface area contributed by atoms with Crippen LogP contribution in [0.15, 0.2) is 41.3 Å². The second-order valence-corrected chi connectivity index (χ2v) is 4.70. The van der Waals surface area contributed by atoms with E-state index in [1.54, 1.807) is 30.7 Å². The quantitative estimate of drug-likeness (QED) is 0.745. The van der Waals surface area contributed by atoms with Gasteiger partial charge in [0, 0.05) is 24.7 Å². The maximum atomic E-state index is 13.6. The zero-order valence-corrected chi connectivity index (χ0v) is 11.2. The maximum Gasteiger partial charge on any atom is 0.243 e. The number of nitrogens with one attached hydrogen (secondary N) is 1. The lowest BCUT2D eigenvalue weighted by molar-refractivity contribution is 0.350. The molecule has 21 heavy (non-hydrogen) atoms. The highest BCUT2D eigenvalue weighted by molar-refractivity contribution is 5.20. The van der Waals surface area contributed by atoms with E-state index in [0.29, 0.717) is 23.7 Å². The molecule has 0 fully saturated rings. The van der Waals surface area contributed by atoms with Gasteiger partial charge >= 0.3 is 0 Å². The first-order chi connectivity index (χ1) is 10.2. The predicted molar refractivity (Wildman–Crippen MR) is 72.7 cm³/mol. The van der Waals surface area contributed by atoms with Gasteiger partial charge in [0.15, 0.2) is 5.82 Å². The van der Waals surface area contributed by atoms with Gasteiger partial charge in [-0.15, -0.1) is 0 Å². The molecule has 0 aliphatic carbocycles. The molecule has 3 N–H and O–H groups in total. The number of hydrogen-bond acceptors (Lipinski definition) is 5. The summed E-state index contributed by atoms with van der Waals surface area (Å²) in [7, 11) is 0. The first kappa shape index (κ1) is 13.4. The summed E-state index contributed by atoms with van der Waals surface area (Å²) in [5.74, 6) is 0.455. The van der Waals surface area contributed by atoms with Crippen molar-refractivity contribution in [2.24, 2.45) is 5.73 Å². The van der Waals surface area contributed by atoms with E-state index in [0.717, 1.165) is 5.69 Å².